The van der Waals surface area contributed by atoms with Gasteiger partial charge in [0.05, 0.1) is 13.2 Å². The van der Waals surface area contributed by atoms with E-state index in [2.05, 4.69) is 0 Å². The van der Waals surface area contributed by atoms with Crippen LogP contribution in [0.25, 0.3) is 0 Å². The van der Waals surface area contributed by atoms with Crippen molar-refractivity contribution < 1.29 is 14.3 Å². The summed E-state index contributed by atoms with van der Waals surface area (Å²) in [6.07, 6.45) is 0. The second-order valence-corrected chi connectivity index (χ2v) is 5.73. The van der Waals surface area contributed by atoms with Gasteiger partial charge < -0.3 is 9.47 Å². The van der Waals surface area contributed by atoms with Crippen molar-refractivity contribution in [1.29, 1.82) is 0 Å². The molecule has 2 aromatic rings. The Bertz CT molecular complexity index is 684. The molecule has 1 fully saturated rings. The molecule has 3 rings (SSSR count). The number of hydrogen-bond donors (Lipinski definition) is 0. The summed E-state index contributed by atoms with van der Waals surface area (Å²) in [5.74, 6) is 0.754. The second-order valence-electron chi connectivity index (χ2n) is 5.73. The van der Waals surface area contributed by atoms with Crippen LogP contribution in [-0.4, -0.2) is 25.2 Å². The number of ether oxygens (including phenoxy) is 2. The first-order chi connectivity index (χ1) is 11.1. The van der Waals surface area contributed by atoms with Crippen molar-refractivity contribution in [3.05, 3.63) is 60.2 Å². The summed E-state index contributed by atoms with van der Waals surface area (Å²) in [7, 11) is 1.63. The minimum atomic E-state index is -0.823. The molecule has 2 atom stereocenters. The largest absolute Gasteiger partial charge is 0.497 e. The van der Waals surface area contributed by atoms with Crippen LogP contribution in [0.1, 0.15) is 25.5 Å². The Labute approximate surface area is 136 Å². The third-order valence-corrected chi connectivity index (χ3v) is 4.33. The van der Waals surface area contributed by atoms with E-state index in [9.17, 15) is 4.79 Å². The Kier molecular flexibility index (Phi) is 4.09. The third-order valence-electron chi connectivity index (χ3n) is 4.33. The Morgan fingerprint density at radius 3 is 2.30 bits per heavy atom. The van der Waals surface area contributed by atoms with E-state index >= 15 is 0 Å². The molecule has 1 saturated heterocycles. The maximum Gasteiger partial charge on any atom is 0.262 e. The van der Waals surface area contributed by atoms with Crippen molar-refractivity contribution in [3.63, 3.8) is 0 Å². The van der Waals surface area contributed by atoms with Crippen molar-refractivity contribution in [2.45, 2.75) is 25.5 Å². The van der Waals surface area contributed by atoms with Gasteiger partial charge in [0.25, 0.3) is 5.91 Å². The molecule has 0 N–H and O–H groups in total. The van der Waals surface area contributed by atoms with Crippen molar-refractivity contribution >= 4 is 11.6 Å². The number of rotatable bonds is 5. The van der Waals surface area contributed by atoms with Crippen LogP contribution in [0.5, 0.6) is 5.75 Å². The molecule has 0 spiro atoms. The molecule has 0 unspecified atom stereocenters. The lowest BCUT2D eigenvalue weighted by molar-refractivity contribution is -0.160. The Morgan fingerprint density at radius 1 is 1.09 bits per heavy atom. The van der Waals surface area contributed by atoms with E-state index < -0.39 is 5.60 Å². The first-order valence-corrected chi connectivity index (χ1v) is 7.78. The summed E-state index contributed by atoms with van der Waals surface area (Å²) in [4.78, 5) is 14.6. The number of methoxy groups -OCH3 is 1. The predicted molar refractivity (Wildman–Crippen MR) is 89.7 cm³/mol. The highest BCUT2D eigenvalue weighted by Gasteiger charge is 2.59. The molecule has 1 heterocycles. The number of benzene rings is 2. The molecule has 0 saturated carbocycles. The van der Waals surface area contributed by atoms with Crippen molar-refractivity contribution in [2.75, 3.05) is 18.6 Å². The van der Waals surface area contributed by atoms with Crippen LogP contribution in [0.3, 0.4) is 0 Å². The van der Waals surface area contributed by atoms with Crippen LogP contribution >= 0.6 is 0 Å². The maximum atomic E-state index is 12.8. The number of nitrogens with zero attached hydrogens (tertiary/aromatic N) is 1. The first kappa shape index (κ1) is 15.6. The topological polar surface area (TPSA) is 38.8 Å². The van der Waals surface area contributed by atoms with Crippen molar-refractivity contribution in [3.8, 4) is 5.75 Å². The minimum Gasteiger partial charge on any atom is -0.497 e. The Hall–Kier alpha value is -2.33. The van der Waals surface area contributed by atoms with Gasteiger partial charge in [0, 0.05) is 12.3 Å². The number of hydrogen-bond acceptors (Lipinski definition) is 3. The van der Waals surface area contributed by atoms with E-state index in [1.54, 1.807) is 12.0 Å². The van der Waals surface area contributed by atoms with E-state index in [0.717, 1.165) is 17.0 Å². The zero-order valence-corrected chi connectivity index (χ0v) is 13.7. The van der Waals surface area contributed by atoms with Gasteiger partial charge in [0.15, 0.2) is 5.60 Å². The van der Waals surface area contributed by atoms with E-state index in [1.165, 1.54) is 0 Å². The monoisotopic (exact) mass is 311 g/mol. The lowest BCUT2D eigenvalue weighted by Crippen LogP contribution is -2.68. The van der Waals surface area contributed by atoms with Gasteiger partial charge in [-0.2, -0.15) is 0 Å². The van der Waals surface area contributed by atoms with Crippen LogP contribution in [-0.2, 0) is 9.53 Å². The molecule has 120 valence electrons. The molecule has 1 aliphatic heterocycles. The Morgan fingerprint density at radius 2 is 1.74 bits per heavy atom. The minimum absolute atomic E-state index is 0.0154. The van der Waals surface area contributed by atoms with Crippen LogP contribution < -0.4 is 9.64 Å². The lowest BCUT2D eigenvalue weighted by atomic mass is 9.78. The van der Waals surface area contributed by atoms with E-state index in [4.69, 9.17) is 9.47 Å². The standard InChI is InChI=1S/C19H21NO3/c1-4-23-19(2)17(14-8-6-5-7-9-14)20(18(19)21)15-10-12-16(22-3)13-11-15/h5-13,17H,4H2,1-3H3/t17-,19-/m1/s1. The molecule has 1 amide bonds. The summed E-state index contributed by atoms with van der Waals surface area (Å²) >= 11 is 0. The fourth-order valence-electron chi connectivity index (χ4n) is 3.21. The zero-order valence-electron chi connectivity index (χ0n) is 13.7. The normalized spacial score (nSPS) is 23.5. The van der Waals surface area contributed by atoms with E-state index in [-0.39, 0.29) is 11.9 Å². The maximum absolute atomic E-state index is 12.8. The average Bonchev–Trinajstić information content (AvgIpc) is 2.60. The highest BCUT2D eigenvalue weighted by Crippen LogP contribution is 2.48. The lowest BCUT2D eigenvalue weighted by Gasteiger charge is -2.53. The molecule has 23 heavy (non-hydrogen) atoms. The SMILES string of the molecule is CCO[C@@]1(C)C(=O)N(c2ccc(OC)cc2)[C@@H]1c1ccccc1. The zero-order chi connectivity index (χ0) is 16.4. The highest BCUT2D eigenvalue weighted by molar-refractivity contribution is 6.08. The van der Waals surface area contributed by atoms with Gasteiger partial charge in [-0.05, 0) is 43.7 Å². The van der Waals surface area contributed by atoms with Crippen molar-refractivity contribution in [1.82, 2.24) is 0 Å². The van der Waals surface area contributed by atoms with Crippen LogP contribution in [0, 0.1) is 0 Å². The molecule has 0 aliphatic carbocycles. The number of carbonyl (C=O) groups excluding carboxylic acids is 1. The first-order valence-electron chi connectivity index (χ1n) is 7.78. The summed E-state index contributed by atoms with van der Waals surface area (Å²) < 4.78 is 11.0. The summed E-state index contributed by atoms with van der Waals surface area (Å²) in [5, 5.41) is 0. The highest BCUT2D eigenvalue weighted by atomic mass is 16.5. The summed E-state index contributed by atoms with van der Waals surface area (Å²) in [6.45, 7) is 4.29. The molecule has 4 heteroatoms. The van der Waals surface area contributed by atoms with Gasteiger partial charge >= 0.3 is 0 Å². The predicted octanol–water partition coefficient (Wildman–Crippen LogP) is 3.58. The van der Waals surface area contributed by atoms with E-state index in [1.807, 2.05) is 68.4 Å². The van der Waals surface area contributed by atoms with Crippen molar-refractivity contribution in [2.24, 2.45) is 0 Å². The van der Waals surface area contributed by atoms with Gasteiger partial charge in [0.2, 0.25) is 0 Å². The Balaban J connectivity index is 1.99. The van der Waals surface area contributed by atoms with E-state index in [0.29, 0.717) is 6.61 Å². The molecule has 0 radical (unpaired) electrons. The van der Waals surface area contributed by atoms with Gasteiger partial charge in [-0.1, -0.05) is 30.3 Å². The number of anilines is 1. The summed E-state index contributed by atoms with van der Waals surface area (Å²) in [6, 6.07) is 17.4. The molecule has 1 aliphatic rings. The van der Waals surface area contributed by atoms with Gasteiger partial charge in [-0.3, -0.25) is 9.69 Å². The molecule has 2 aromatic carbocycles. The smallest absolute Gasteiger partial charge is 0.262 e. The van der Waals surface area contributed by atoms with Crippen LogP contribution in [0.15, 0.2) is 54.6 Å². The average molecular weight is 311 g/mol. The second kappa shape index (κ2) is 6.05. The van der Waals surface area contributed by atoms with Crippen LogP contribution in [0.4, 0.5) is 5.69 Å². The fourth-order valence-corrected chi connectivity index (χ4v) is 3.21. The number of β-lactam (4-membered cyclic amide) rings is 1. The van der Waals surface area contributed by atoms with Crippen LogP contribution in [0.2, 0.25) is 0 Å². The number of carbonyl (C=O) groups is 1. The summed E-state index contributed by atoms with van der Waals surface area (Å²) in [5.41, 5.74) is 1.09. The molecular formula is C19H21NO3. The van der Waals surface area contributed by atoms with Gasteiger partial charge in [0.1, 0.15) is 5.75 Å². The number of amides is 1. The van der Waals surface area contributed by atoms with Gasteiger partial charge in [-0.25, -0.2) is 0 Å². The fraction of sp³-hybridized carbons (Fsp3) is 0.316. The quantitative estimate of drug-likeness (QED) is 0.792. The van der Waals surface area contributed by atoms with Gasteiger partial charge in [-0.15, -0.1) is 0 Å². The molecular weight excluding hydrogens is 290 g/mol. The molecule has 0 aromatic heterocycles. The molecule has 0 bridgehead atoms. The molecule has 4 nitrogen and oxygen atoms in total. The third kappa shape index (κ3) is 2.49.